The molecule has 2 amide bonds. The number of ether oxygens (including phenoxy) is 1. The summed E-state index contributed by atoms with van der Waals surface area (Å²) in [6, 6.07) is 8.80. The van der Waals surface area contributed by atoms with Crippen molar-refractivity contribution in [3.8, 4) is 0 Å². The summed E-state index contributed by atoms with van der Waals surface area (Å²) in [5.74, 6) is 0.0248. The average Bonchev–Trinajstić information content (AvgIpc) is 2.96. The topological polar surface area (TPSA) is 84.7 Å². The van der Waals surface area contributed by atoms with Gasteiger partial charge in [-0.05, 0) is 30.9 Å². The van der Waals surface area contributed by atoms with Gasteiger partial charge in [0.15, 0.2) is 0 Å². The minimum atomic E-state index is -0.528. The van der Waals surface area contributed by atoms with E-state index in [9.17, 15) is 9.59 Å². The second-order valence-corrected chi connectivity index (χ2v) is 6.23. The summed E-state index contributed by atoms with van der Waals surface area (Å²) >= 11 is 0. The normalized spacial score (nSPS) is 22.8. The lowest BCUT2D eigenvalue weighted by Crippen LogP contribution is -2.50. The van der Waals surface area contributed by atoms with Crippen molar-refractivity contribution in [2.75, 3.05) is 24.7 Å². The fourth-order valence-corrected chi connectivity index (χ4v) is 3.25. The highest BCUT2D eigenvalue weighted by Crippen LogP contribution is 2.22. The SMILES string of the molecule is Cl.NC(C(=O)NC1CC(=O)N(c2ccccc2)C1)C1CCOCC1. The van der Waals surface area contributed by atoms with Crippen LogP contribution in [0.4, 0.5) is 5.69 Å². The monoisotopic (exact) mass is 353 g/mol. The first kappa shape index (κ1) is 18.7. The summed E-state index contributed by atoms with van der Waals surface area (Å²) in [6.45, 7) is 1.82. The quantitative estimate of drug-likeness (QED) is 0.848. The zero-order valence-corrected chi connectivity index (χ0v) is 14.3. The minimum absolute atomic E-state index is 0. The maximum Gasteiger partial charge on any atom is 0.237 e. The van der Waals surface area contributed by atoms with Crippen LogP contribution in [0.3, 0.4) is 0 Å². The number of anilines is 1. The van der Waals surface area contributed by atoms with Crippen molar-refractivity contribution in [3.63, 3.8) is 0 Å². The van der Waals surface area contributed by atoms with Gasteiger partial charge in [-0.25, -0.2) is 0 Å². The Hall–Kier alpha value is -1.63. The number of hydrogen-bond acceptors (Lipinski definition) is 4. The standard InChI is InChI=1S/C17H23N3O3.ClH/c18-16(12-6-8-23-9-7-12)17(22)19-13-10-15(21)20(11-13)14-4-2-1-3-5-14;/h1-5,12-13,16H,6-11,18H2,(H,19,22);1H. The molecule has 2 aliphatic rings. The lowest BCUT2D eigenvalue weighted by atomic mass is 9.91. The number of nitrogens with one attached hydrogen (secondary N) is 1. The lowest BCUT2D eigenvalue weighted by molar-refractivity contribution is -0.125. The molecule has 3 N–H and O–H groups in total. The predicted molar refractivity (Wildman–Crippen MR) is 94.1 cm³/mol. The van der Waals surface area contributed by atoms with Gasteiger partial charge in [0, 0.05) is 31.9 Å². The maximum absolute atomic E-state index is 12.3. The van der Waals surface area contributed by atoms with E-state index in [4.69, 9.17) is 10.5 Å². The number of hydrogen-bond donors (Lipinski definition) is 2. The first-order valence-electron chi connectivity index (χ1n) is 8.14. The molecule has 0 aliphatic carbocycles. The van der Waals surface area contributed by atoms with E-state index in [0.717, 1.165) is 18.5 Å². The third-order valence-electron chi connectivity index (χ3n) is 4.62. The Balaban J connectivity index is 0.00000208. The molecule has 2 atom stereocenters. The highest BCUT2D eigenvalue weighted by Gasteiger charge is 2.34. The van der Waals surface area contributed by atoms with Crippen LogP contribution in [-0.4, -0.2) is 43.7 Å². The van der Waals surface area contributed by atoms with E-state index in [1.165, 1.54) is 0 Å². The lowest BCUT2D eigenvalue weighted by Gasteiger charge is -2.27. The van der Waals surface area contributed by atoms with Gasteiger partial charge in [0.25, 0.3) is 0 Å². The van der Waals surface area contributed by atoms with E-state index in [1.807, 2.05) is 30.3 Å². The van der Waals surface area contributed by atoms with Crippen LogP contribution in [0.2, 0.25) is 0 Å². The average molecular weight is 354 g/mol. The number of halogens is 1. The fraction of sp³-hybridized carbons (Fsp3) is 0.529. The van der Waals surface area contributed by atoms with Crippen molar-refractivity contribution in [1.82, 2.24) is 5.32 Å². The van der Waals surface area contributed by atoms with Crippen LogP contribution < -0.4 is 16.0 Å². The van der Waals surface area contributed by atoms with Gasteiger partial charge in [-0.1, -0.05) is 18.2 Å². The minimum Gasteiger partial charge on any atom is -0.381 e. The maximum atomic E-state index is 12.3. The number of amides is 2. The predicted octanol–water partition coefficient (Wildman–Crippen LogP) is 1.08. The van der Waals surface area contributed by atoms with E-state index in [1.54, 1.807) is 4.90 Å². The third-order valence-corrected chi connectivity index (χ3v) is 4.62. The van der Waals surface area contributed by atoms with E-state index >= 15 is 0 Å². The highest BCUT2D eigenvalue weighted by atomic mass is 35.5. The molecule has 2 fully saturated rings. The van der Waals surface area contributed by atoms with Crippen LogP contribution in [0.1, 0.15) is 19.3 Å². The summed E-state index contributed by atoms with van der Waals surface area (Å²) in [5.41, 5.74) is 6.95. The largest absolute Gasteiger partial charge is 0.381 e. The van der Waals surface area contributed by atoms with Gasteiger partial charge in [0.2, 0.25) is 11.8 Å². The Bertz CT molecular complexity index is 563. The molecule has 2 unspecified atom stereocenters. The van der Waals surface area contributed by atoms with Crippen molar-refractivity contribution in [1.29, 1.82) is 0 Å². The number of nitrogens with zero attached hydrogens (tertiary/aromatic N) is 1. The van der Waals surface area contributed by atoms with Gasteiger partial charge in [-0.2, -0.15) is 0 Å². The van der Waals surface area contributed by atoms with Crippen molar-refractivity contribution in [2.45, 2.75) is 31.3 Å². The number of benzene rings is 1. The van der Waals surface area contributed by atoms with E-state index in [0.29, 0.717) is 26.2 Å². The van der Waals surface area contributed by atoms with E-state index < -0.39 is 6.04 Å². The van der Waals surface area contributed by atoms with Crippen LogP contribution in [-0.2, 0) is 14.3 Å². The molecule has 0 saturated carbocycles. The summed E-state index contributed by atoms with van der Waals surface area (Å²) in [5, 5.41) is 2.94. The number of carbonyl (C=O) groups is 2. The van der Waals surface area contributed by atoms with Crippen LogP contribution in [0.5, 0.6) is 0 Å². The second-order valence-electron chi connectivity index (χ2n) is 6.23. The Morgan fingerprint density at radius 3 is 2.58 bits per heavy atom. The zero-order chi connectivity index (χ0) is 16.2. The smallest absolute Gasteiger partial charge is 0.237 e. The summed E-state index contributed by atoms with van der Waals surface area (Å²) in [6.07, 6.45) is 1.95. The van der Waals surface area contributed by atoms with Crippen LogP contribution in [0, 0.1) is 5.92 Å². The van der Waals surface area contributed by atoms with Gasteiger partial charge in [0.1, 0.15) is 0 Å². The van der Waals surface area contributed by atoms with Gasteiger partial charge < -0.3 is 20.7 Å². The van der Waals surface area contributed by atoms with Crippen LogP contribution >= 0.6 is 12.4 Å². The van der Waals surface area contributed by atoms with Crippen molar-refractivity contribution in [3.05, 3.63) is 30.3 Å². The molecule has 24 heavy (non-hydrogen) atoms. The first-order valence-corrected chi connectivity index (χ1v) is 8.14. The Morgan fingerprint density at radius 1 is 1.25 bits per heavy atom. The summed E-state index contributed by atoms with van der Waals surface area (Å²) in [4.78, 5) is 26.2. The zero-order valence-electron chi connectivity index (χ0n) is 13.5. The fourth-order valence-electron chi connectivity index (χ4n) is 3.25. The summed E-state index contributed by atoms with van der Waals surface area (Å²) in [7, 11) is 0. The molecule has 2 aliphatic heterocycles. The molecular formula is C17H24ClN3O3. The van der Waals surface area contributed by atoms with E-state index in [2.05, 4.69) is 5.32 Å². The molecule has 1 aromatic carbocycles. The Labute approximate surface area is 148 Å². The molecular weight excluding hydrogens is 330 g/mol. The van der Waals surface area contributed by atoms with Gasteiger partial charge in [0.05, 0.1) is 12.1 Å². The molecule has 1 aromatic rings. The molecule has 7 heteroatoms. The Morgan fingerprint density at radius 2 is 1.92 bits per heavy atom. The van der Waals surface area contributed by atoms with Crippen molar-refractivity contribution in [2.24, 2.45) is 11.7 Å². The molecule has 2 heterocycles. The van der Waals surface area contributed by atoms with Gasteiger partial charge in [-0.3, -0.25) is 9.59 Å². The molecule has 6 nitrogen and oxygen atoms in total. The third kappa shape index (κ3) is 4.26. The molecule has 3 rings (SSSR count). The molecule has 0 spiro atoms. The summed E-state index contributed by atoms with van der Waals surface area (Å²) < 4.78 is 5.30. The Kier molecular flexibility index (Phi) is 6.60. The molecule has 0 bridgehead atoms. The van der Waals surface area contributed by atoms with Crippen LogP contribution in [0.25, 0.3) is 0 Å². The first-order chi connectivity index (χ1) is 11.1. The second kappa shape index (κ2) is 8.46. The number of nitrogens with two attached hydrogens (primary N) is 1. The van der Waals surface area contributed by atoms with E-state index in [-0.39, 0.29) is 36.2 Å². The molecule has 0 radical (unpaired) electrons. The van der Waals surface area contributed by atoms with Crippen molar-refractivity contribution >= 4 is 29.9 Å². The van der Waals surface area contributed by atoms with Crippen LogP contribution in [0.15, 0.2) is 30.3 Å². The van der Waals surface area contributed by atoms with Crippen molar-refractivity contribution < 1.29 is 14.3 Å². The molecule has 0 aromatic heterocycles. The molecule has 132 valence electrons. The van der Waals surface area contributed by atoms with Gasteiger partial charge in [-0.15, -0.1) is 12.4 Å². The number of carbonyl (C=O) groups excluding carboxylic acids is 2. The highest BCUT2D eigenvalue weighted by molar-refractivity contribution is 5.97. The van der Waals surface area contributed by atoms with Gasteiger partial charge >= 0.3 is 0 Å². The number of para-hydroxylation sites is 1. The number of rotatable bonds is 4. The molecule has 2 saturated heterocycles.